The molecular formula is C23H29N5O4. The molecule has 0 saturated carbocycles. The molecule has 1 aliphatic heterocycles. The number of morpholine rings is 1. The quantitative estimate of drug-likeness (QED) is 0.397. The van der Waals surface area contributed by atoms with Crippen LogP contribution >= 0.6 is 0 Å². The average Bonchev–Trinajstić information content (AvgIpc) is 2.75. The molecule has 2 atom stereocenters. The maximum Gasteiger partial charge on any atom is 0.267 e. The van der Waals surface area contributed by atoms with Crippen LogP contribution in [0.25, 0.3) is 11.7 Å². The van der Waals surface area contributed by atoms with E-state index in [0.717, 1.165) is 5.56 Å². The van der Waals surface area contributed by atoms with E-state index in [-0.39, 0.29) is 28.9 Å². The molecular weight excluding hydrogens is 410 g/mol. The lowest BCUT2D eigenvalue weighted by Gasteiger charge is -2.36. The van der Waals surface area contributed by atoms with Crippen molar-refractivity contribution in [2.45, 2.75) is 39.4 Å². The highest BCUT2D eigenvalue weighted by molar-refractivity contribution is 6.02. The van der Waals surface area contributed by atoms with Gasteiger partial charge in [-0.1, -0.05) is 6.07 Å². The van der Waals surface area contributed by atoms with E-state index in [1.165, 1.54) is 10.5 Å². The van der Waals surface area contributed by atoms with E-state index in [1.54, 1.807) is 19.4 Å². The summed E-state index contributed by atoms with van der Waals surface area (Å²) in [5.74, 6) is -0.0850. The number of hydrogen-bond acceptors (Lipinski definition) is 7. The molecule has 1 aliphatic rings. The maximum absolute atomic E-state index is 13.4. The van der Waals surface area contributed by atoms with E-state index in [2.05, 4.69) is 5.32 Å². The molecule has 9 nitrogen and oxygen atoms in total. The molecule has 0 radical (unpaired) electrons. The van der Waals surface area contributed by atoms with Gasteiger partial charge in [0.05, 0.1) is 17.8 Å². The van der Waals surface area contributed by atoms with Crippen molar-refractivity contribution >= 4 is 23.4 Å². The molecule has 2 aromatic heterocycles. The van der Waals surface area contributed by atoms with Crippen LogP contribution in [0.5, 0.6) is 0 Å². The number of nitrogens with zero attached hydrogens (tertiary/aromatic N) is 4. The molecule has 1 amide bonds. The predicted molar refractivity (Wildman–Crippen MR) is 122 cm³/mol. The first kappa shape index (κ1) is 23.4. The first-order valence-corrected chi connectivity index (χ1v) is 10.7. The Balaban J connectivity index is 2.10. The van der Waals surface area contributed by atoms with E-state index in [1.807, 2.05) is 37.8 Å². The number of aryl methyl sites for hydroxylation is 1. The molecule has 3 rings (SSSR count). The number of carbonyl (C=O) groups is 1. The highest BCUT2D eigenvalue weighted by Gasteiger charge is 2.27. The number of anilines is 1. The summed E-state index contributed by atoms with van der Waals surface area (Å²) in [6.07, 6.45) is 3.50. The lowest BCUT2D eigenvalue weighted by atomic mass is 10.1. The van der Waals surface area contributed by atoms with Crippen LogP contribution < -0.4 is 15.8 Å². The summed E-state index contributed by atoms with van der Waals surface area (Å²) in [4.78, 5) is 32.8. The summed E-state index contributed by atoms with van der Waals surface area (Å²) < 4.78 is 12.3. The Hall–Kier alpha value is -3.22. The Morgan fingerprint density at radius 2 is 2.12 bits per heavy atom. The Morgan fingerprint density at radius 3 is 2.78 bits per heavy atom. The Kier molecular flexibility index (Phi) is 7.62. The minimum Gasteiger partial charge on any atom is -0.385 e. The summed E-state index contributed by atoms with van der Waals surface area (Å²) >= 11 is 0. The van der Waals surface area contributed by atoms with E-state index >= 15 is 0 Å². The Bertz CT molecular complexity index is 1110. The third-order valence-corrected chi connectivity index (χ3v) is 5.25. The number of amides is 1. The van der Waals surface area contributed by atoms with Gasteiger partial charge in [-0.05, 0) is 44.9 Å². The minimum atomic E-state index is -0.535. The second-order valence-corrected chi connectivity index (χ2v) is 7.97. The van der Waals surface area contributed by atoms with Crippen LogP contribution in [0.15, 0.2) is 28.7 Å². The van der Waals surface area contributed by atoms with Gasteiger partial charge in [0.15, 0.2) is 0 Å². The van der Waals surface area contributed by atoms with Gasteiger partial charge in [-0.15, -0.1) is 0 Å². The summed E-state index contributed by atoms with van der Waals surface area (Å²) in [6, 6.07) is 5.58. The lowest BCUT2D eigenvalue weighted by Crippen LogP contribution is -2.46. The van der Waals surface area contributed by atoms with Gasteiger partial charge in [0.2, 0.25) is 0 Å². The number of ether oxygens (including phenoxy) is 2. The van der Waals surface area contributed by atoms with Gasteiger partial charge in [-0.2, -0.15) is 5.26 Å². The van der Waals surface area contributed by atoms with Crippen LogP contribution in [0.3, 0.4) is 0 Å². The summed E-state index contributed by atoms with van der Waals surface area (Å²) in [5.41, 5.74) is 1.12. The number of methoxy groups -OCH3 is 1. The van der Waals surface area contributed by atoms with Gasteiger partial charge in [-0.3, -0.25) is 14.0 Å². The molecule has 1 N–H and O–H groups in total. The summed E-state index contributed by atoms with van der Waals surface area (Å²) in [7, 11) is 1.58. The standard InChI is InChI=1S/C23H29N5O4/c1-15-7-5-9-28-20(15)26-21(27-13-16(2)32-17(3)14-27)19(23(28)30)11-18(12-24)22(29)25-8-6-10-31-4/h5,7,9,11,16-17H,6,8,10,13-14H2,1-4H3,(H,25,29)/b18-11+/t16-,17+. The molecule has 0 aliphatic carbocycles. The molecule has 0 spiro atoms. The van der Waals surface area contributed by atoms with Crippen LogP contribution in [0, 0.1) is 18.3 Å². The van der Waals surface area contributed by atoms with E-state index in [9.17, 15) is 14.9 Å². The number of carbonyl (C=O) groups excluding carboxylic acids is 1. The highest BCUT2D eigenvalue weighted by Crippen LogP contribution is 2.24. The molecule has 170 valence electrons. The third-order valence-electron chi connectivity index (χ3n) is 5.25. The first-order valence-electron chi connectivity index (χ1n) is 10.7. The summed E-state index contributed by atoms with van der Waals surface area (Å²) in [6.45, 7) is 7.77. The zero-order chi connectivity index (χ0) is 23.3. The van der Waals surface area contributed by atoms with Crippen LogP contribution in [0.4, 0.5) is 5.82 Å². The zero-order valence-corrected chi connectivity index (χ0v) is 18.9. The normalized spacial score (nSPS) is 19.1. The number of pyridine rings is 1. The molecule has 0 bridgehead atoms. The topological polar surface area (TPSA) is 109 Å². The molecule has 0 unspecified atom stereocenters. The second-order valence-electron chi connectivity index (χ2n) is 7.97. The fraction of sp³-hybridized carbons (Fsp3) is 0.478. The van der Waals surface area contributed by atoms with Crippen molar-refractivity contribution in [2.24, 2.45) is 0 Å². The van der Waals surface area contributed by atoms with Gasteiger partial charge in [-0.25, -0.2) is 4.98 Å². The van der Waals surface area contributed by atoms with Crippen molar-refractivity contribution in [3.63, 3.8) is 0 Å². The Labute approximate surface area is 187 Å². The van der Waals surface area contributed by atoms with Gasteiger partial charge >= 0.3 is 0 Å². The van der Waals surface area contributed by atoms with Crippen molar-refractivity contribution in [1.29, 1.82) is 5.26 Å². The van der Waals surface area contributed by atoms with Gasteiger partial charge in [0.1, 0.15) is 23.1 Å². The van der Waals surface area contributed by atoms with Gasteiger partial charge in [0.25, 0.3) is 11.5 Å². The maximum atomic E-state index is 13.4. The van der Waals surface area contributed by atoms with Crippen molar-refractivity contribution < 1.29 is 14.3 Å². The van der Waals surface area contributed by atoms with Crippen molar-refractivity contribution in [1.82, 2.24) is 14.7 Å². The highest BCUT2D eigenvalue weighted by atomic mass is 16.5. The van der Waals surface area contributed by atoms with E-state index in [0.29, 0.717) is 44.1 Å². The molecule has 1 saturated heterocycles. The molecule has 2 aromatic rings. The molecule has 3 heterocycles. The number of rotatable bonds is 7. The minimum absolute atomic E-state index is 0.0489. The fourth-order valence-corrected chi connectivity index (χ4v) is 3.83. The van der Waals surface area contributed by atoms with Crippen LogP contribution in [-0.2, 0) is 14.3 Å². The zero-order valence-electron chi connectivity index (χ0n) is 18.9. The number of nitriles is 1. The van der Waals surface area contributed by atoms with E-state index < -0.39 is 5.91 Å². The largest absolute Gasteiger partial charge is 0.385 e. The monoisotopic (exact) mass is 439 g/mol. The number of fused-ring (bicyclic) bond motifs is 1. The van der Waals surface area contributed by atoms with Gasteiger partial charge in [0, 0.05) is 39.5 Å². The number of nitrogens with one attached hydrogen (secondary N) is 1. The molecule has 0 aromatic carbocycles. The van der Waals surface area contributed by atoms with Crippen LogP contribution in [0.1, 0.15) is 31.4 Å². The average molecular weight is 440 g/mol. The SMILES string of the molecule is COCCCNC(=O)/C(C#N)=C/c1c(N2C[C@@H](C)O[C@@H](C)C2)nc2c(C)cccn2c1=O. The summed E-state index contributed by atoms with van der Waals surface area (Å²) in [5, 5.41) is 12.3. The van der Waals surface area contributed by atoms with Crippen LogP contribution in [-0.4, -0.2) is 60.9 Å². The molecule has 9 heteroatoms. The smallest absolute Gasteiger partial charge is 0.267 e. The predicted octanol–water partition coefficient (Wildman–Crippen LogP) is 1.68. The second kappa shape index (κ2) is 10.4. The molecule has 1 fully saturated rings. The fourth-order valence-electron chi connectivity index (χ4n) is 3.83. The Morgan fingerprint density at radius 1 is 1.41 bits per heavy atom. The van der Waals surface area contributed by atoms with Crippen molar-refractivity contribution in [3.05, 3.63) is 45.4 Å². The van der Waals surface area contributed by atoms with Gasteiger partial charge < -0.3 is 19.7 Å². The number of aromatic nitrogens is 2. The van der Waals surface area contributed by atoms with Crippen molar-refractivity contribution in [2.75, 3.05) is 38.3 Å². The number of hydrogen-bond donors (Lipinski definition) is 1. The van der Waals surface area contributed by atoms with E-state index in [4.69, 9.17) is 14.5 Å². The van der Waals surface area contributed by atoms with Crippen molar-refractivity contribution in [3.8, 4) is 6.07 Å². The van der Waals surface area contributed by atoms with Crippen LogP contribution in [0.2, 0.25) is 0 Å². The lowest BCUT2D eigenvalue weighted by molar-refractivity contribution is -0.117. The molecule has 32 heavy (non-hydrogen) atoms. The first-order chi connectivity index (χ1) is 15.3. The third kappa shape index (κ3) is 5.15.